The molecule has 0 fully saturated rings. The minimum Gasteiger partial charge on any atom is -0.475 e. The summed E-state index contributed by atoms with van der Waals surface area (Å²) >= 11 is 0. The van der Waals surface area contributed by atoms with E-state index in [1.807, 2.05) is 6.92 Å². The van der Waals surface area contributed by atoms with Crippen LogP contribution in [0.4, 0.5) is 5.82 Å². The third-order valence-corrected chi connectivity index (χ3v) is 3.67. The lowest BCUT2D eigenvalue weighted by Gasteiger charge is -2.00. The van der Waals surface area contributed by atoms with Crippen molar-refractivity contribution in [2.75, 3.05) is 4.72 Å². The molecule has 0 aromatic carbocycles. The molecule has 2 aromatic rings. The molecule has 0 atom stereocenters. The number of carbonyl (C=O) groups is 1. The molecular formula is C11H13N3O5S. The summed E-state index contributed by atoms with van der Waals surface area (Å²) in [6.45, 7) is 1.99. The van der Waals surface area contributed by atoms with Crippen LogP contribution in [0.5, 0.6) is 0 Å². The van der Waals surface area contributed by atoms with Gasteiger partial charge in [0.25, 0.3) is 10.0 Å². The monoisotopic (exact) mass is 299 g/mol. The van der Waals surface area contributed by atoms with Gasteiger partial charge in [0.05, 0.1) is 0 Å². The van der Waals surface area contributed by atoms with Crippen LogP contribution in [0.25, 0.3) is 0 Å². The van der Waals surface area contributed by atoms with Crippen LogP contribution in [0.1, 0.15) is 29.6 Å². The number of aromatic nitrogens is 2. The molecule has 108 valence electrons. The summed E-state index contributed by atoms with van der Waals surface area (Å²) in [5, 5.41) is 14.7. The number of aromatic carboxylic acids is 1. The van der Waals surface area contributed by atoms with Crippen molar-refractivity contribution in [3.63, 3.8) is 0 Å². The average Bonchev–Trinajstić information content (AvgIpc) is 2.98. The van der Waals surface area contributed by atoms with E-state index in [-0.39, 0.29) is 5.82 Å². The minimum absolute atomic E-state index is 0.127. The highest BCUT2D eigenvalue weighted by Gasteiger charge is 2.22. The number of carboxylic acid groups (broad SMARTS) is 1. The van der Waals surface area contributed by atoms with E-state index in [0.29, 0.717) is 0 Å². The molecule has 0 amide bonds. The highest BCUT2D eigenvalue weighted by Crippen LogP contribution is 2.18. The lowest BCUT2D eigenvalue weighted by Crippen LogP contribution is -2.12. The Kier molecular flexibility index (Phi) is 3.79. The Hall–Kier alpha value is -2.29. The average molecular weight is 299 g/mol. The van der Waals surface area contributed by atoms with Crippen molar-refractivity contribution in [3.8, 4) is 0 Å². The third kappa shape index (κ3) is 2.99. The summed E-state index contributed by atoms with van der Waals surface area (Å²) in [6, 6.07) is 3.72. The minimum atomic E-state index is -3.99. The molecule has 0 bridgehead atoms. The highest BCUT2D eigenvalue weighted by molar-refractivity contribution is 7.92. The standard InChI is InChI=1S/C11H13N3O5S/c1-2-3-7-6-9(13-12-7)14-20(17,18)10-5-4-8(19-10)11(15)16/h4-6H,2-3H2,1H3,(H,15,16)(H2,12,13,14). The second-order valence-electron chi connectivity index (χ2n) is 4.06. The molecule has 0 spiro atoms. The number of nitrogens with zero attached hydrogens (tertiary/aromatic N) is 1. The third-order valence-electron chi connectivity index (χ3n) is 2.45. The number of hydrogen-bond donors (Lipinski definition) is 3. The van der Waals surface area contributed by atoms with Gasteiger partial charge >= 0.3 is 5.97 Å². The van der Waals surface area contributed by atoms with Gasteiger partial charge in [0.15, 0.2) is 5.82 Å². The van der Waals surface area contributed by atoms with Crippen molar-refractivity contribution in [2.45, 2.75) is 24.9 Å². The first-order chi connectivity index (χ1) is 9.42. The van der Waals surface area contributed by atoms with Gasteiger partial charge in [-0.25, -0.2) is 4.79 Å². The molecule has 0 radical (unpaired) electrons. The molecule has 0 aliphatic rings. The van der Waals surface area contributed by atoms with Crippen LogP contribution in [-0.2, 0) is 16.4 Å². The zero-order chi connectivity index (χ0) is 14.8. The smallest absolute Gasteiger partial charge is 0.371 e. The summed E-state index contributed by atoms with van der Waals surface area (Å²) in [7, 11) is -3.99. The number of anilines is 1. The van der Waals surface area contributed by atoms with E-state index in [9.17, 15) is 13.2 Å². The van der Waals surface area contributed by atoms with Crippen molar-refractivity contribution in [3.05, 3.63) is 29.7 Å². The summed E-state index contributed by atoms with van der Waals surface area (Å²) in [5.41, 5.74) is 0.802. The van der Waals surface area contributed by atoms with E-state index in [2.05, 4.69) is 14.9 Å². The van der Waals surface area contributed by atoms with Crippen molar-refractivity contribution in [2.24, 2.45) is 0 Å². The molecule has 8 nitrogen and oxygen atoms in total. The van der Waals surface area contributed by atoms with Crippen LogP contribution in [0, 0.1) is 0 Å². The molecule has 0 unspecified atom stereocenters. The zero-order valence-electron chi connectivity index (χ0n) is 10.6. The first-order valence-corrected chi connectivity index (χ1v) is 7.31. The Labute approximate surface area is 114 Å². The van der Waals surface area contributed by atoms with E-state index in [0.717, 1.165) is 30.7 Å². The summed E-state index contributed by atoms with van der Waals surface area (Å²) in [4.78, 5) is 10.6. The maximum Gasteiger partial charge on any atom is 0.371 e. The van der Waals surface area contributed by atoms with E-state index in [4.69, 9.17) is 9.52 Å². The van der Waals surface area contributed by atoms with Gasteiger partial charge in [0.2, 0.25) is 10.9 Å². The van der Waals surface area contributed by atoms with E-state index in [1.165, 1.54) is 0 Å². The molecule has 20 heavy (non-hydrogen) atoms. The van der Waals surface area contributed by atoms with Crippen LogP contribution >= 0.6 is 0 Å². The number of aromatic amines is 1. The van der Waals surface area contributed by atoms with Gasteiger partial charge in [-0.05, 0) is 18.6 Å². The van der Waals surface area contributed by atoms with Gasteiger partial charge in [0, 0.05) is 11.8 Å². The fourth-order valence-electron chi connectivity index (χ4n) is 1.58. The Morgan fingerprint density at radius 2 is 2.25 bits per heavy atom. The zero-order valence-corrected chi connectivity index (χ0v) is 11.4. The lowest BCUT2D eigenvalue weighted by atomic mass is 10.2. The van der Waals surface area contributed by atoms with Crippen LogP contribution in [-0.4, -0.2) is 29.7 Å². The summed E-state index contributed by atoms with van der Waals surface area (Å²) in [5.74, 6) is -1.66. The molecule has 2 heterocycles. The molecule has 2 aromatic heterocycles. The SMILES string of the molecule is CCCc1cc(NS(=O)(=O)c2ccc(C(=O)O)o2)n[nH]1. The highest BCUT2D eigenvalue weighted by atomic mass is 32.2. The number of rotatable bonds is 6. The second kappa shape index (κ2) is 5.37. The van der Waals surface area contributed by atoms with Gasteiger partial charge in [-0.1, -0.05) is 13.3 Å². The molecule has 0 saturated carbocycles. The number of H-pyrrole nitrogens is 1. The molecule has 2 rings (SSSR count). The predicted octanol–water partition coefficient (Wildman–Crippen LogP) is 1.45. The van der Waals surface area contributed by atoms with Crippen LogP contribution in [0.15, 0.2) is 27.7 Å². The van der Waals surface area contributed by atoms with Crippen LogP contribution in [0.2, 0.25) is 0 Å². The molecule has 0 saturated heterocycles. The van der Waals surface area contributed by atoms with Crippen molar-refractivity contribution in [1.29, 1.82) is 0 Å². The number of hydrogen-bond acceptors (Lipinski definition) is 5. The number of sulfonamides is 1. The second-order valence-corrected chi connectivity index (χ2v) is 5.67. The maximum absolute atomic E-state index is 12.0. The molecule has 3 N–H and O–H groups in total. The molecular weight excluding hydrogens is 286 g/mol. The quantitative estimate of drug-likeness (QED) is 0.741. The van der Waals surface area contributed by atoms with Gasteiger partial charge in [-0.15, -0.1) is 0 Å². The Bertz CT molecular complexity index is 716. The Morgan fingerprint density at radius 3 is 2.85 bits per heavy atom. The summed E-state index contributed by atoms with van der Waals surface area (Å²) in [6.07, 6.45) is 1.65. The predicted molar refractivity (Wildman–Crippen MR) is 69.1 cm³/mol. The number of furan rings is 1. The first-order valence-electron chi connectivity index (χ1n) is 5.82. The number of aryl methyl sites for hydroxylation is 1. The first kappa shape index (κ1) is 14.1. The van der Waals surface area contributed by atoms with Gasteiger partial charge in [-0.3, -0.25) is 9.82 Å². The largest absolute Gasteiger partial charge is 0.475 e. The van der Waals surface area contributed by atoms with Crippen molar-refractivity contribution < 1.29 is 22.7 Å². The van der Waals surface area contributed by atoms with E-state index in [1.54, 1.807) is 6.07 Å². The van der Waals surface area contributed by atoms with Crippen LogP contribution < -0.4 is 4.72 Å². The fraction of sp³-hybridized carbons (Fsp3) is 0.273. The topological polar surface area (TPSA) is 125 Å². The molecule has 0 aliphatic carbocycles. The number of carboxylic acids is 1. The molecule has 9 heteroatoms. The fourth-order valence-corrected chi connectivity index (χ4v) is 2.51. The Morgan fingerprint density at radius 1 is 1.50 bits per heavy atom. The lowest BCUT2D eigenvalue weighted by molar-refractivity contribution is 0.0656. The molecule has 0 aliphatic heterocycles. The maximum atomic E-state index is 12.0. The number of nitrogens with one attached hydrogen (secondary N) is 2. The normalized spacial score (nSPS) is 11.4. The van der Waals surface area contributed by atoms with Gasteiger partial charge < -0.3 is 9.52 Å². The van der Waals surface area contributed by atoms with Crippen molar-refractivity contribution in [1.82, 2.24) is 10.2 Å². The van der Waals surface area contributed by atoms with E-state index >= 15 is 0 Å². The van der Waals surface area contributed by atoms with E-state index < -0.39 is 26.8 Å². The van der Waals surface area contributed by atoms with Crippen molar-refractivity contribution >= 4 is 21.8 Å². The van der Waals surface area contributed by atoms with Gasteiger partial charge in [0.1, 0.15) is 0 Å². The van der Waals surface area contributed by atoms with Crippen LogP contribution in [0.3, 0.4) is 0 Å². The summed E-state index contributed by atoms with van der Waals surface area (Å²) < 4.78 is 30.9. The Balaban J connectivity index is 2.19. The van der Waals surface area contributed by atoms with Gasteiger partial charge in [-0.2, -0.15) is 13.5 Å².